The first kappa shape index (κ1) is 16.9. The molecule has 0 saturated carbocycles. The predicted molar refractivity (Wildman–Crippen MR) is 82.6 cm³/mol. The first-order chi connectivity index (χ1) is 9.56. The molecule has 20 heavy (non-hydrogen) atoms. The summed E-state index contributed by atoms with van der Waals surface area (Å²) in [6.07, 6.45) is 2.02. The van der Waals surface area contributed by atoms with Crippen molar-refractivity contribution in [1.29, 1.82) is 0 Å². The van der Waals surface area contributed by atoms with Gasteiger partial charge in [0.25, 0.3) is 0 Å². The van der Waals surface area contributed by atoms with Gasteiger partial charge in [0.1, 0.15) is 5.82 Å². The van der Waals surface area contributed by atoms with Gasteiger partial charge in [-0.1, -0.05) is 19.9 Å². The van der Waals surface area contributed by atoms with Gasteiger partial charge in [-0.25, -0.2) is 4.39 Å². The Morgan fingerprint density at radius 1 is 1.30 bits per heavy atom. The van der Waals surface area contributed by atoms with Gasteiger partial charge in [-0.3, -0.25) is 0 Å². The fraction of sp³-hybridized carbons (Fsp3) is 0.625. The van der Waals surface area contributed by atoms with Crippen LogP contribution >= 0.6 is 0 Å². The molecule has 0 aromatic heterocycles. The van der Waals surface area contributed by atoms with E-state index in [1.54, 1.807) is 13.2 Å². The highest BCUT2D eigenvalue weighted by molar-refractivity contribution is 5.56. The van der Waals surface area contributed by atoms with E-state index in [0.29, 0.717) is 18.2 Å². The van der Waals surface area contributed by atoms with Gasteiger partial charge in [0, 0.05) is 37.0 Å². The molecule has 1 rings (SSSR count). The molecule has 0 aliphatic carbocycles. The third-order valence-corrected chi connectivity index (χ3v) is 3.71. The molecule has 0 spiro atoms. The van der Waals surface area contributed by atoms with Crippen LogP contribution in [0, 0.1) is 5.82 Å². The zero-order valence-electron chi connectivity index (χ0n) is 13.0. The molecule has 0 saturated heterocycles. The van der Waals surface area contributed by atoms with Gasteiger partial charge in [0.05, 0.1) is 6.61 Å². The smallest absolute Gasteiger partial charge is 0.130 e. The Morgan fingerprint density at radius 3 is 2.45 bits per heavy atom. The van der Waals surface area contributed by atoms with Gasteiger partial charge in [-0.05, 0) is 31.9 Å². The van der Waals surface area contributed by atoms with Crippen LogP contribution in [-0.4, -0.2) is 26.3 Å². The van der Waals surface area contributed by atoms with Gasteiger partial charge < -0.3 is 15.4 Å². The van der Waals surface area contributed by atoms with E-state index in [0.717, 1.165) is 25.1 Å². The van der Waals surface area contributed by atoms with Crippen LogP contribution in [0.25, 0.3) is 0 Å². The van der Waals surface area contributed by atoms with E-state index >= 15 is 0 Å². The summed E-state index contributed by atoms with van der Waals surface area (Å²) in [4.78, 5) is 2.23. The van der Waals surface area contributed by atoms with E-state index in [2.05, 4.69) is 18.7 Å². The zero-order chi connectivity index (χ0) is 15.1. The van der Waals surface area contributed by atoms with Crippen molar-refractivity contribution in [1.82, 2.24) is 0 Å². The second-order valence-electron chi connectivity index (χ2n) is 5.12. The number of methoxy groups -OCH3 is 1. The second kappa shape index (κ2) is 8.22. The summed E-state index contributed by atoms with van der Waals surface area (Å²) in [6, 6.07) is 5.22. The van der Waals surface area contributed by atoms with Crippen LogP contribution in [0.2, 0.25) is 0 Å². The third kappa shape index (κ3) is 3.93. The lowest BCUT2D eigenvalue weighted by molar-refractivity contribution is 0.202. The summed E-state index contributed by atoms with van der Waals surface area (Å²) in [7, 11) is 1.68. The fourth-order valence-corrected chi connectivity index (χ4v) is 2.65. The van der Waals surface area contributed by atoms with Gasteiger partial charge >= 0.3 is 0 Å². The van der Waals surface area contributed by atoms with Crippen molar-refractivity contribution >= 4 is 5.69 Å². The summed E-state index contributed by atoms with van der Waals surface area (Å²) in [6.45, 7) is 7.48. The lowest BCUT2D eigenvalue weighted by Crippen LogP contribution is -2.38. The number of anilines is 1. The molecule has 0 radical (unpaired) electrons. The monoisotopic (exact) mass is 282 g/mol. The van der Waals surface area contributed by atoms with Crippen LogP contribution in [0.1, 0.15) is 45.2 Å². The van der Waals surface area contributed by atoms with Crippen LogP contribution in [0.4, 0.5) is 10.1 Å². The first-order valence-corrected chi connectivity index (χ1v) is 7.36. The molecule has 1 aromatic rings. The van der Waals surface area contributed by atoms with Crippen LogP contribution < -0.4 is 10.6 Å². The first-order valence-electron chi connectivity index (χ1n) is 7.36. The van der Waals surface area contributed by atoms with Crippen LogP contribution in [-0.2, 0) is 4.74 Å². The quantitative estimate of drug-likeness (QED) is 0.793. The van der Waals surface area contributed by atoms with E-state index < -0.39 is 0 Å². The number of ether oxygens (including phenoxy) is 1. The van der Waals surface area contributed by atoms with Gasteiger partial charge in [0.2, 0.25) is 0 Å². The topological polar surface area (TPSA) is 38.5 Å². The number of hydrogen-bond acceptors (Lipinski definition) is 3. The normalized spacial score (nSPS) is 12.8. The average molecular weight is 282 g/mol. The van der Waals surface area contributed by atoms with E-state index in [4.69, 9.17) is 10.5 Å². The van der Waals surface area contributed by atoms with Gasteiger partial charge in [-0.2, -0.15) is 0 Å². The van der Waals surface area contributed by atoms with Crippen LogP contribution in [0.3, 0.4) is 0 Å². The lowest BCUT2D eigenvalue weighted by atomic mass is 10.0. The summed E-state index contributed by atoms with van der Waals surface area (Å²) in [5, 5.41) is 0. The SMILES string of the molecule is CCC(CC)N(CCOC)c1cccc(F)c1[C@@H](C)N. The molecule has 0 fully saturated rings. The number of nitrogens with zero attached hydrogens (tertiary/aromatic N) is 1. The lowest BCUT2D eigenvalue weighted by Gasteiger charge is -2.34. The van der Waals surface area contributed by atoms with Crippen LogP contribution in [0.15, 0.2) is 18.2 Å². The molecule has 0 amide bonds. The molecule has 1 atom stereocenters. The molecule has 0 heterocycles. The van der Waals surface area contributed by atoms with Crippen LogP contribution in [0.5, 0.6) is 0 Å². The summed E-state index contributed by atoms with van der Waals surface area (Å²) in [5.41, 5.74) is 7.45. The van der Waals surface area contributed by atoms with Crippen molar-refractivity contribution in [2.75, 3.05) is 25.2 Å². The summed E-state index contributed by atoms with van der Waals surface area (Å²) >= 11 is 0. The maximum Gasteiger partial charge on any atom is 0.130 e. The Morgan fingerprint density at radius 2 is 1.95 bits per heavy atom. The minimum absolute atomic E-state index is 0.231. The molecule has 0 unspecified atom stereocenters. The maximum atomic E-state index is 14.1. The minimum atomic E-state index is -0.328. The summed E-state index contributed by atoms with van der Waals surface area (Å²) in [5.74, 6) is -0.231. The highest BCUT2D eigenvalue weighted by Gasteiger charge is 2.21. The zero-order valence-corrected chi connectivity index (χ0v) is 13.0. The van der Waals surface area contributed by atoms with E-state index in [9.17, 15) is 4.39 Å². The van der Waals surface area contributed by atoms with Crippen molar-refractivity contribution in [3.05, 3.63) is 29.6 Å². The molecular formula is C16H27FN2O. The molecule has 2 N–H and O–H groups in total. The Labute approximate surface area is 121 Å². The van der Waals surface area contributed by atoms with Crippen molar-refractivity contribution in [2.45, 2.75) is 45.7 Å². The van der Waals surface area contributed by atoms with E-state index in [-0.39, 0.29) is 11.9 Å². The van der Waals surface area contributed by atoms with Gasteiger partial charge in [-0.15, -0.1) is 0 Å². The Bertz CT molecular complexity index is 405. The highest BCUT2D eigenvalue weighted by atomic mass is 19.1. The number of hydrogen-bond donors (Lipinski definition) is 1. The molecule has 0 bridgehead atoms. The second-order valence-corrected chi connectivity index (χ2v) is 5.12. The van der Waals surface area contributed by atoms with Crippen molar-refractivity contribution in [3.8, 4) is 0 Å². The molecule has 3 nitrogen and oxygen atoms in total. The molecule has 1 aromatic carbocycles. The Balaban J connectivity index is 3.22. The third-order valence-electron chi connectivity index (χ3n) is 3.71. The molecular weight excluding hydrogens is 255 g/mol. The molecule has 114 valence electrons. The molecule has 4 heteroatoms. The van der Waals surface area contributed by atoms with Crippen molar-refractivity contribution in [3.63, 3.8) is 0 Å². The van der Waals surface area contributed by atoms with E-state index in [1.165, 1.54) is 6.07 Å². The predicted octanol–water partition coefficient (Wildman–Crippen LogP) is 3.49. The number of halogens is 1. The Kier molecular flexibility index (Phi) is 6.96. The van der Waals surface area contributed by atoms with Gasteiger partial charge in [0.15, 0.2) is 0 Å². The summed E-state index contributed by atoms with van der Waals surface area (Å²) < 4.78 is 19.3. The highest BCUT2D eigenvalue weighted by Crippen LogP contribution is 2.30. The maximum absolute atomic E-state index is 14.1. The van der Waals surface area contributed by atoms with E-state index in [1.807, 2.05) is 13.0 Å². The average Bonchev–Trinajstić information content (AvgIpc) is 2.42. The largest absolute Gasteiger partial charge is 0.383 e. The number of benzene rings is 1. The number of nitrogens with two attached hydrogens (primary N) is 1. The fourth-order valence-electron chi connectivity index (χ4n) is 2.65. The number of rotatable bonds is 8. The standard InChI is InChI=1S/C16H27FN2O/c1-5-13(6-2)19(10-11-20-4)15-9-7-8-14(17)16(15)12(3)18/h7-9,12-13H,5-6,10-11,18H2,1-4H3/t12-/m1/s1. The van der Waals surface area contributed by atoms with Crippen molar-refractivity contribution in [2.24, 2.45) is 5.73 Å². The molecule has 0 aliphatic heterocycles. The minimum Gasteiger partial charge on any atom is -0.383 e. The van der Waals surface area contributed by atoms with Crippen molar-refractivity contribution < 1.29 is 9.13 Å². The Hall–Kier alpha value is -1.13. The molecule has 0 aliphatic rings.